The Bertz CT molecular complexity index is 899. The van der Waals surface area contributed by atoms with Gasteiger partial charge in [-0.15, -0.1) is 0 Å². The predicted octanol–water partition coefficient (Wildman–Crippen LogP) is 1.67. The van der Waals surface area contributed by atoms with Crippen molar-refractivity contribution in [2.45, 2.75) is 43.6 Å². The van der Waals surface area contributed by atoms with Crippen LogP contribution >= 0.6 is 0 Å². The largest absolute Gasteiger partial charge is 0.497 e. The average Bonchev–Trinajstić information content (AvgIpc) is 3.21. The molecule has 6 atom stereocenters. The molecule has 4 aliphatic heterocycles. The van der Waals surface area contributed by atoms with Crippen molar-refractivity contribution in [1.29, 1.82) is 0 Å². The number of hydrogen-bond donors (Lipinski definition) is 1. The van der Waals surface area contributed by atoms with Crippen LogP contribution in [0.4, 0.5) is 5.69 Å². The van der Waals surface area contributed by atoms with E-state index in [4.69, 9.17) is 9.47 Å². The first-order valence-electron chi connectivity index (χ1n) is 10.3. The number of anilines is 1. The molecule has 6 rings (SSSR count). The third kappa shape index (κ3) is 1.82. The fourth-order valence-corrected chi connectivity index (χ4v) is 7.10. The summed E-state index contributed by atoms with van der Waals surface area (Å²) >= 11 is 0. The van der Waals surface area contributed by atoms with Crippen LogP contribution in [-0.4, -0.2) is 61.1 Å². The molecule has 1 aromatic carbocycles. The average molecular weight is 382 g/mol. The molecule has 3 saturated heterocycles. The molecule has 0 aromatic heterocycles. The number of ether oxygens (including phenoxy) is 2. The van der Waals surface area contributed by atoms with Gasteiger partial charge in [-0.1, -0.05) is 11.6 Å². The zero-order valence-corrected chi connectivity index (χ0v) is 16.3. The van der Waals surface area contributed by atoms with Crippen LogP contribution in [0.2, 0.25) is 0 Å². The maximum Gasteiger partial charge on any atom is 0.284 e. The zero-order chi connectivity index (χ0) is 19.2. The molecule has 28 heavy (non-hydrogen) atoms. The lowest BCUT2D eigenvalue weighted by molar-refractivity contribution is -0.154. The summed E-state index contributed by atoms with van der Waals surface area (Å²) in [6.45, 7) is 4.60. The lowest BCUT2D eigenvalue weighted by Crippen LogP contribution is -2.65. The number of carbonyl (C=O) groups excluding carboxylic acids is 1. The minimum atomic E-state index is -1.39. The Morgan fingerprint density at radius 2 is 2.25 bits per heavy atom. The van der Waals surface area contributed by atoms with E-state index in [-0.39, 0.29) is 23.3 Å². The fourth-order valence-electron chi connectivity index (χ4n) is 7.10. The maximum atomic E-state index is 13.2. The quantitative estimate of drug-likeness (QED) is 0.749. The number of fused-ring (bicyclic) bond motifs is 4. The molecule has 5 aliphatic rings. The molecule has 6 heteroatoms. The van der Waals surface area contributed by atoms with E-state index in [1.165, 1.54) is 11.1 Å². The SMILES string of the molecule is CC=C1CN2CC[C@]34c5cc(OC)ccc5N5C(=O)[C@@H](O)OC[C@H]([C@@H]1C[C@@H]23)[C@@H]54. The molecule has 1 N–H and O–H groups in total. The Kier molecular flexibility index (Phi) is 3.39. The molecule has 6 nitrogen and oxygen atoms in total. The second-order valence-corrected chi connectivity index (χ2v) is 8.87. The summed E-state index contributed by atoms with van der Waals surface area (Å²) < 4.78 is 11.2. The first-order chi connectivity index (χ1) is 13.6. The number of benzene rings is 1. The van der Waals surface area contributed by atoms with E-state index >= 15 is 0 Å². The highest BCUT2D eigenvalue weighted by atomic mass is 16.6. The number of aliphatic hydroxyl groups is 1. The minimum absolute atomic E-state index is 0.0308. The van der Waals surface area contributed by atoms with Gasteiger partial charge in [0.2, 0.25) is 6.29 Å². The molecule has 1 aromatic rings. The van der Waals surface area contributed by atoms with Crippen LogP contribution in [0, 0.1) is 11.8 Å². The van der Waals surface area contributed by atoms with Crippen molar-refractivity contribution in [2.75, 3.05) is 31.7 Å². The summed E-state index contributed by atoms with van der Waals surface area (Å²) in [4.78, 5) is 17.7. The number of aliphatic hydroxyl groups excluding tert-OH is 1. The number of amides is 1. The van der Waals surface area contributed by atoms with Gasteiger partial charge < -0.3 is 19.5 Å². The van der Waals surface area contributed by atoms with Crippen molar-refractivity contribution < 1.29 is 19.4 Å². The Balaban J connectivity index is 1.63. The van der Waals surface area contributed by atoms with Gasteiger partial charge in [-0.3, -0.25) is 9.69 Å². The second-order valence-electron chi connectivity index (χ2n) is 8.87. The number of piperidine rings is 1. The summed E-state index contributed by atoms with van der Waals surface area (Å²) in [5, 5.41) is 10.4. The van der Waals surface area contributed by atoms with E-state index in [2.05, 4.69) is 24.0 Å². The molecule has 0 radical (unpaired) electrons. The molecule has 1 amide bonds. The van der Waals surface area contributed by atoms with Gasteiger partial charge in [-0.05, 0) is 56.0 Å². The monoisotopic (exact) mass is 382 g/mol. The third-order valence-corrected chi connectivity index (χ3v) is 8.15. The molecule has 2 bridgehead atoms. The minimum Gasteiger partial charge on any atom is -0.497 e. The van der Waals surface area contributed by atoms with Gasteiger partial charge in [-0.25, -0.2) is 0 Å². The van der Waals surface area contributed by atoms with Crippen molar-refractivity contribution in [3.05, 3.63) is 35.4 Å². The first kappa shape index (κ1) is 17.0. The molecule has 4 fully saturated rings. The predicted molar refractivity (Wildman–Crippen MR) is 103 cm³/mol. The van der Waals surface area contributed by atoms with Crippen molar-refractivity contribution in [2.24, 2.45) is 11.8 Å². The molecular weight excluding hydrogens is 356 g/mol. The van der Waals surface area contributed by atoms with Gasteiger partial charge in [0.25, 0.3) is 5.91 Å². The van der Waals surface area contributed by atoms with Crippen LogP contribution in [0.25, 0.3) is 0 Å². The smallest absolute Gasteiger partial charge is 0.284 e. The first-order valence-corrected chi connectivity index (χ1v) is 10.3. The normalized spacial score (nSPS) is 42.4. The molecule has 1 spiro atoms. The number of hydrogen-bond acceptors (Lipinski definition) is 5. The Hall–Kier alpha value is -1.89. The highest BCUT2D eigenvalue weighted by Crippen LogP contribution is 2.64. The summed E-state index contributed by atoms with van der Waals surface area (Å²) in [6.07, 6.45) is 2.99. The summed E-state index contributed by atoms with van der Waals surface area (Å²) in [5.41, 5.74) is 3.51. The molecule has 4 heterocycles. The van der Waals surface area contributed by atoms with Crippen LogP contribution in [-0.2, 0) is 14.9 Å². The van der Waals surface area contributed by atoms with Gasteiger partial charge in [0.05, 0.1) is 19.8 Å². The van der Waals surface area contributed by atoms with Gasteiger partial charge in [0, 0.05) is 29.6 Å². The van der Waals surface area contributed by atoms with Crippen molar-refractivity contribution in [1.82, 2.24) is 4.90 Å². The zero-order valence-electron chi connectivity index (χ0n) is 16.3. The lowest BCUT2D eigenvalue weighted by Gasteiger charge is -2.55. The Morgan fingerprint density at radius 3 is 3.04 bits per heavy atom. The Morgan fingerprint density at radius 1 is 1.39 bits per heavy atom. The summed E-state index contributed by atoms with van der Waals surface area (Å²) in [6, 6.07) is 6.50. The lowest BCUT2D eigenvalue weighted by atomic mass is 9.55. The van der Waals surface area contributed by atoms with Crippen LogP contribution in [0.1, 0.15) is 25.3 Å². The van der Waals surface area contributed by atoms with Gasteiger partial charge in [0.1, 0.15) is 5.75 Å². The molecule has 1 aliphatic carbocycles. The molecule has 1 saturated carbocycles. The number of carbonyl (C=O) groups is 1. The number of methoxy groups -OCH3 is 1. The van der Waals surface area contributed by atoms with Gasteiger partial charge in [-0.2, -0.15) is 0 Å². The van der Waals surface area contributed by atoms with E-state index < -0.39 is 6.29 Å². The highest BCUT2D eigenvalue weighted by Gasteiger charge is 2.69. The fraction of sp³-hybridized carbons (Fsp3) is 0.591. The van der Waals surface area contributed by atoms with E-state index in [1.807, 2.05) is 17.0 Å². The highest BCUT2D eigenvalue weighted by molar-refractivity contribution is 6.00. The van der Waals surface area contributed by atoms with E-state index in [0.717, 1.165) is 37.4 Å². The van der Waals surface area contributed by atoms with Gasteiger partial charge >= 0.3 is 0 Å². The van der Waals surface area contributed by atoms with Crippen LogP contribution in [0.15, 0.2) is 29.8 Å². The van der Waals surface area contributed by atoms with Crippen molar-refractivity contribution in [3.63, 3.8) is 0 Å². The standard InChI is InChI=1S/C22H26N2O4/c1-3-12-10-23-7-6-22-16-8-13(27-2)4-5-17(16)24-19(22)15(14(12)9-18(22)23)11-28-21(26)20(24)25/h3-5,8,14-15,18-19,21,26H,6-7,9-11H2,1-2H3/t14-,15-,18-,19-,21+,22+/m1/s1. The topological polar surface area (TPSA) is 62.2 Å². The number of rotatable bonds is 1. The third-order valence-electron chi connectivity index (χ3n) is 8.15. The van der Waals surface area contributed by atoms with E-state index in [0.29, 0.717) is 18.6 Å². The summed E-state index contributed by atoms with van der Waals surface area (Å²) in [7, 11) is 1.69. The summed E-state index contributed by atoms with van der Waals surface area (Å²) in [5.74, 6) is 1.11. The molecular formula is C22H26N2O4. The van der Waals surface area contributed by atoms with E-state index in [1.54, 1.807) is 7.11 Å². The van der Waals surface area contributed by atoms with Crippen LogP contribution in [0.5, 0.6) is 5.75 Å². The van der Waals surface area contributed by atoms with E-state index in [9.17, 15) is 9.90 Å². The number of nitrogens with zero attached hydrogens (tertiary/aromatic N) is 2. The Labute approximate surface area is 164 Å². The molecule has 148 valence electrons. The van der Waals surface area contributed by atoms with Crippen LogP contribution < -0.4 is 9.64 Å². The maximum absolute atomic E-state index is 13.2. The molecule has 0 unspecified atom stereocenters. The van der Waals surface area contributed by atoms with Gasteiger partial charge in [0.15, 0.2) is 0 Å². The second kappa shape index (κ2) is 5.59. The number of allylic oxidation sites excluding steroid dienone is 1. The van der Waals surface area contributed by atoms with Crippen molar-refractivity contribution >= 4 is 11.6 Å². The van der Waals surface area contributed by atoms with Crippen molar-refractivity contribution in [3.8, 4) is 5.75 Å². The van der Waals surface area contributed by atoms with Crippen LogP contribution in [0.3, 0.4) is 0 Å².